The summed E-state index contributed by atoms with van der Waals surface area (Å²) < 4.78 is 5.18. The number of aryl methyl sites for hydroxylation is 4. The predicted molar refractivity (Wildman–Crippen MR) is 115 cm³/mol. The molecule has 0 aliphatic heterocycles. The summed E-state index contributed by atoms with van der Waals surface area (Å²) in [6.45, 7) is 8.90. The molecule has 2 rings (SSSR count). The summed E-state index contributed by atoms with van der Waals surface area (Å²) in [7, 11) is 0. The quantitative estimate of drug-likeness (QED) is 0.280. The fourth-order valence-electron chi connectivity index (χ4n) is 2.88. The third kappa shape index (κ3) is 5.73. The molecule has 0 spiro atoms. The molecule has 0 aliphatic carbocycles. The molecular formula is C19H29IN4O. The second-order valence-electron chi connectivity index (χ2n) is 5.96. The SMILES string of the molecule is CCc1cccc(CC)c1NC(N)=NCCCc1c(C)noc1C.I. The molecule has 0 atom stereocenters. The summed E-state index contributed by atoms with van der Waals surface area (Å²) in [6, 6.07) is 6.36. The van der Waals surface area contributed by atoms with Crippen molar-refractivity contribution in [3.05, 3.63) is 46.3 Å². The summed E-state index contributed by atoms with van der Waals surface area (Å²) >= 11 is 0. The molecule has 0 unspecified atom stereocenters. The lowest BCUT2D eigenvalue weighted by Crippen LogP contribution is -2.24. The second kappa shape index (κ2) is 10.4. The Morgan fingerprint density at radius 3 is 2.36 bits per heavy atom. The normalized spacial score (nSPS) is 11.3. The number of nitrogens with two attached hydrogens (primary N) is 1. The largest absolute Gasteiger partial charge is 0.370 e. The lowest BCUT2D eigenvalue weighted by Gasteiger charge is -2.14. The Labute approximate surface area is 167 Å². The molecular weight excluding hydrogens is 427 g/mol. The van der Waals surface area contributed by atoms with Crippen LogP contribution in [0.1, 0.15) is 48.4 Å². The van der Waals surface area contributed by atoms with E-state index in [0.717, 1.165) is 42.8 Å². The molecule has 138 valence electrons. The van der Waals surface area contributed by atoms with Gasteiger partial charge in [-0.1, -0.05) is 37.2 Å². The Bertz CT molecular complexity index is 668. The van der Waals surface area contributed by atoms with Crippen molar-refractivity contribution in [1.82, 2.24) is 5.16 Å². The Morgan fingerprint density at radius 1 is 1.20 bits per heavy atom. The van der Waals surface area contributed by atoms with Crippen LogP contribution in [0.4, 0.5) is 5.69 Å². The molecule has 0 saturated carbocycles. The van der Waals surface area contributed by atoms with Gasteiger partial charge in [0.1, 0.15) is 5.76 Å². The maximum Gasteiger partial charge on any atom is 0.193 e. The number of rotatable bonds is 7. The molecule has 1 heterocycles. The lowest BCUT2D eigenvalue weighted by atomic mass is 10.0. The van der Waals surface area contributed by atoms with Gasteiger partial charge < -0.3 is 15.6 Å². The molecule has 0 saturated heterocycles. The third-order valence-corrected chi connectivity index (χ3v) is 4.30. The van der Waals surface area contributed by atoms with Crippen molar-refractivity contribution in [3.8, 4) is 0 Å². The van der Waals surface area contributed by atoms with Gasteiger partial charge in [-0.2, -0.15) is 0 Å². The highest BCUT2D eigenvalue weighted by Gasteiger charge is 2.09. The van der Waals surface area contributed by atoms with Crippen LogP contribution in [-0.2, 0) is 19.3 Å². The van der Waals surface area contributed by atoms with Gasteiger partial charge in [-0.25, -0.2) is 0 Å². The highest BCUT2D eigenvalue weighted by molar-refractivity contribution is 14.0. The number of para-hydroxylation sites is 1. The minimum absolute atomic E-state index is 0. The van der Waals surface area contributed by atoms with Gasteiger partial charge in [0.15, 0.2) is 5.96 Å². The first-order valence-electron chi connectivity index (χ1n) is 8.66. The Morgan fingerprint density at radius 2 is 1.84 bits per heavy atom. The number of nitrogens with one attached hydrogen (secondary N) is 1. The minimum Gasteiger partial charge on any atom is -0.370 e. The first-order valence-corrected chi connectivity index (χ1v) is 8.66. The van der Waals surface area contributed by atoms with E-state index in [1.807, 2.05) is 13.8 Å². The molecule has 1 aromatic heterocycles. The minimum atomic E-state index is 0. The standard InChI is InChI=1S/C19H28N4O.HI/c1-5-15-9-7-10-16(6-2)18(15)22-19(20)21-12-8-11-17-13(3)23-24-14(17)4;/h7,9-10H,5-6,8,11-12H2,1-4H3,(H3,20,21,22);1H. The van der Waals surface area contributed by atoms with Crippen molar-refractivity contribution < 1.29 is 4.52 Å². The van der Waals surface area contributed by atoms with Crippen LogP contribution >= 0.6 is 24.0 Å². The zero-order valence-electron chi connectivity index (χ0n) is 15.6. The topological polar surface area (TPSA) is 76.4 Å². The fraction of sp³-hybridized carbons (Fsp3) is 0.474. The van der Waals surface area contributed by atoms with E-state index in [1.165, 1.54) is 16.7 Å². The lowest BCUT2D eigenvalue weighted by molar-refractivity contribution is 0.392. The fourth-order valence-corrected chi connectivity index (χ4v) is 2.88. The van der Waals surface area contributed by atoms with Crippen molar-refractivity contribution in [2.24, 2.45) is 10.7 Å². The Balaban J connectivity index is 0.00000312. The second-order valence-corrected chi connectivity index (χ2v) is 5.96. The van der Waals surface area contributed by atoms with Gasteiger partial charge in [0.25, 0.3) is 0 Å². The summed E-state index contributed by atoms with van der Waals surface area (Å²) in [4.78, 5) is 4.46. The van der Waals surface area contributed by atoms with E-state index >= 15 is 0 Å². The highest BCUT2D eigenvalue weighted by Crippen LogP contribution is 2.22. The number of nitrogens with zero attached hydrogens (tertiary/aromatic N) is 2. The first kappa shape index (κ1) is 21.5. The number of hydrogen-bond donors (Lipinski definition) is 2. The van der Waals surface area contributed by atoms with Crippen molar-refractivity contribution >= 4 is 35.6 Å². The van der Waals surface area contributed by atoms with Crippen molar-refractivity contribution in [1.29, 1.82) is 0 Å². The molecule has 0 amide bonds. The number of benzene rings is 1. The highest BCUT2D eigenvalue weighted by atomic mass is 127. The summed E-state index contributed by atoms with van der Waals surface area (Å²) in [5, 5.41) is 7.27. The number of aliphatic imine (C=N–C) groups is 1. The van der Waals surface area contributed by atoms with E-state index < -0.39 is 0 Å². The van der Waals surface area contributed by atoms with Gasteiger partial charge in [-0.15, -0.1) is 24.0 Å². The summed E-state index contributed by atoms with van der Waals surface area (Å²) in [5.41, 5.74) is 11.9. The van der Waals surface area contributed by atoms with E-state index in [2.05, 4.69) is 47.5 Å². The van der Waals surface area contributed by atoms with Crippen LogP contribution in [0.25, 0.3) is 0 Å². The van der Waals surface area contributed by atoms with Crippen LogP contribution in [0.5, 0.6) is 0 Å². The van der Waals surface area contributed by atoms with E-state index in [0.29, 0.717) is 12.5 Å². The molecule has 0 aliphatic rings. The Kier molecular flexibility index (Phi) is 8.96. The first-order chi connectivity index (χ1) is 11.6. The maximum atomic E-state index is 6.08. The average Bonchev–Trinajstić information content (AvgIpc) is 2.90. The van der Waals surface area contributed by atoms with Crippen LogP contribution in [0.2, 0.25) is 0 Å². The monoisotopic (exact) mass is 456 g/mol. The Hall–Kier alpha value is -1.57. The molecule has 6 heteroatoms. The third-order valence-electron chi connectivity index (χ3n) is 4.30. The van der Waals surface area contributed by atoms with E-state index in [1.54, 1.807) is 0 Å². The van der Waals surface area contributed by atoms with E-state index in [9.17, 15) is 0 Å². The van der Waals surface area contributed by atoms with Crippen molar-refractivity contribution in [3.63, 3.8) is 0 Å². The van der Waals surface area contributed by atoms with Crippen LogP contribution in [0, 0.1) is 13.8 Å². The number of hydrogen-bond acceptors (Lipinski definition) is 3. The van der Waals surface area contributed by atoms with Crippen LogP contribution in [-0.4, -0.2) is 17.7 Å². The molecule has 5 nitrogen and oxygen atoms in total. The predicted octanol–water partition coefficient (Wildman–Crippen LogP) is 4.39. The molecule has 0 bridgehead atoms. The summed E-state index contributed by atoms with van der Waals surface area (Å²) in [5.74, 6) is 1.37. The van der Waals surface area contributed by atoms with Gasteiger partial charge in [0, 0.05) is 17.8 Å². The molecule has 25 heavy (non-hydrogen) atoms. The maximum absolute atomic E-state index is 6.08. The van der Waals surface area contributed by atoms with Crippen molar-refractivity contribution in [2.75, 3.05) is 11.9 Å². The van der Waals surface area contributed by atoms with E-state index in [4.69, 9.17) is 10.3 Å². The van der Waals surface area contributed by atoms with Gasteiger partial charge in [0.05, 0.1) is 5.69 Å². The van der Waals surface area contributed by atoms with E-state index in [-0.39, 0.29) is 24.0 Å². The van der Waals surface area contributed by atoms with Crippen LogP contribution < -0.4 is 11.1 Å². The summed E-state index contributed by atoms with van der Waals surface area (Å²) in [6.07, 6.45) is 3.76. The zero-order valence-corrected chi connectivity index (χ0v) is 17.9. The molecule has 1 aromatic carbocycles. The van der Waals surface area contributed by atoms with Crippen LogP contribution in [0.15, 0.2) is 27.7 Å². The van der Waals surface area contributed by atoms with Crippen LogP contribution in [0.3, 0.4) is 0 Å². The zero-order chi connectivity index (χ0) is 17.5. The van der Waals surface area contributed by atoms with Gasteiger partial charge in [-0.05, 0) is 50.7 Å². The number of guanidine groups is 1. The van der Waals surface area contributed by atoms with Gasteiger partial charge in [0.2, 0.25) is 0 Å². The van der Waals surface area contributed by atoms with Gasteiger partial charge in [-0.3, -0.25) is 4.99 Å². The number of anilines is 1. The molecule has 0 radical (unpaired) electrons. The number of halogens is 1. The van der Waals surface area contributed by atoms with Crippen molar-refractivity contribution in [2.45, 2.75) is 53.4 Å². The number of aromatic nitrogens is 1. The van der Waals surface area contributed by atoms with Gasteiger partial charge >= 0.3 is 0 Å². The molecule has 3 N–H and O–H groups in total. The molecule has 2 aromatic rings. The molecule has 0 fully saturated rings. The average molecular weight is 456 g/mol. The smallest absolute Gasteiger partial charge is 0.193 e.